The molecule has 0 amide bonds. The van der Waals surface area contributed by atoms with Crippen LogP contribution in [0.2, 0.25) is 0 Å². The van der Waals surface area contributed by atoms with Crippen molar-refractivity contribution in [3.8, 4) is 0 Å². The zero-order valence-electron chi connectivity index (χ0n) is 7.16. The molecule has 1 aromatic heterocycles. The molecule has 1 aliphatic rings. The Morgan fingerprint density at radius 3 is 3.17 bits per heavy atom. The molecule has 0 aromatic carbocycles. The molecule has 0 spiro atoms. The number of allylic oxidation sites excluding steroid dienone is 2. The first-order valence-corrected chi connectivity index (χ1v) is 4.30. The molecule has 64 valence electrons. The van der Waals surface area contributed by atoms with Crippen LogP contribution in [0.5, 0.6) is 0 Å². The smallest absolute Gasteiger partial charge is 0.227 e. The molecular formula is C9H12N2O. The van der Waals surface area contributed by atoms with Gasteiger partial charge in [0.15, 0.2) is 5.82 Å². The first kappa shape index (κ1) is 7.53. The second-order valence-electron chi connectivity index (χ2n) is 3.21. The summed E-state index contributed by atoms with van der Waals surface area (Å²) >= 11 is 0. The summed E-state index contributed by atoms with van der Waals surface area (Å²) in [5.41, 5.74) is 0. The fourth-order valence-electron chi connectivity index (χ4n) is 1.51. The highest BCUT2D eigenvalue weighted by molar-refractivity contribution is 4.99. The van der Waals surface area contributed by atoms with E-state index in [1.807, 2.05) is 6.92 Å². The van der Waals surface area contributed by atoms with Gasteiger partial charge in [-0.25, -0.2) is 0 Å². The van der Waals surface area contributed by atoms with Crippen molar-refractivity contribution >= 4 is 0 Å². The van der Waals surface area contributed by atoms with E-state index in [2.05, 4.69) is 22.3 Å². The van der Waals surface area contributed by atoms with Crippen LogP contribution in [-0.2, 0) is 6.42 Å². The van der Waals surface area contributed by atoms with Crippen LogP contribution >= 0.6 is 0 Å². The van der Waals surface area contributed by atoms with Crippen molar-refractivity contribution in [1.29, 1.82) is 0 Å². The maximum atomic E-state index is 5.03. The van der Waals surface area contributed by atoms with Crippen molar-refractivity contribution in [2.45, 2.75) is 26.2 Å². The number of aryl methyl sites for hydroxylation is 1. The molecule has 0 saturated heterocycles. The first-order chi connectivity index (χ1) is 5.84. The third kappa shape index (κ3) is 1.55. The molecular weight excluding hydrogens is 152 g/mol. The molecule has 0 saturated carbocycles. The van der Waals surface area contributed by atoms with Gasteiger partial charge in [-0.15, -0.1) is 0 Å². The van der Waals surface area contributed by atoms with E-state index in [-0.39, 0.29) is 0 Å². The predicted molar refractivity (Wildman–Crippen MR) is 44.6 cm³/mol. The Morgan fingerprint density at radius 2 is 2.58 bits per heavy atom. The molecule has 1 atom stereocenters. The molecule has 0 bridgehead atoms. The van der Waals surface area contributed by atoms with Gasteiger partial charge < -0.3 is 4.52 Å². The van der Waals surface area contributed by atoms with Crippen LogP contribution in [0.25, 0.3) is 0 Å². The van der Waals surface area contributed by atoms with E-state index in [1.165, 1.54) is 12.8 Å². The zero-order valence-corrected chi connectivity index (χ0v) is 7.16. The average Bonchev–Trinajstić information content (AvgIpc) is 2.63. The molecule has 1 unspecified atom stereocenters. The SMILES string of the molecule is Cc1noc(CC2C=CCC2)n1. The second kappa shape index (κ2) is 3.09. The summed E-state index contributed by atoms with van der Waals surface area (Å²) < 4.78 is 5.03. The van der Waals surface area contributed by atoms with Gasteiger partial charge in [0, 0.05) is 6.42 Å². The maximum absolute atomic E-state index is 5.03. The highest BCUT2D eigenvalue weighted by atomic mass is 16.5. The summed E-state index contributed by atoms with van der Waals surface area (Å²) in [6.07, 6.45) is 7.77. The lowest BCUT2D eigenvalue weighted by Crippen LogP contribution is -1.97. The fraction of sp³-hybridized carbons (Fsp3) is 0.556. The lowest BCUT2D eigenvalue weighted by molar-refractivity contribution is 0.361. The second-order valence-corrected chi connectivity index (χ2v) is 3.21. The Labute approximate surface area is 71.5 Å². The Bertz CT molecular complexity index is 290. The highest BCUT2D eigenvalue weighted by Crippen LogP contribution is 2.20. The standard InChI is InChI=1S/C9H12N2O/c1-7-10-9(12-11-7)6-8-4-2-3-5-8/h2,4,8H,3,5-6H2,1H3. The van der Waals surface area contributed by atoms with Gasteiger partial charge in [-0.2, -0.15) is 4.98 Å². The summed E-state index contributed by atoms with van der Waals surface area (Å²) in [6.45, 7) is 1.84. The molecule has 12 heavy (non-hydrogen) atoms. The van der Waals surface area contributed by atoms with Gasteiger partial charge in [-0.3, -0.25) is 0 Å². The number of hydrogen-bond acceptors (Lipinski definition) is 3. The Morgan fingerprint density at radius 1 is 1.67 bits per heavy atom. The van der Waals surface area contributed by atoms with Crippen molar-refractivity contribution in [3.63, 3.8) is 0 Å². The minimum Gasteiger partial charge on any atom is -0.339 e. The van der Waals surface area contributed by atoms with Gasteiger partial charge in [-0.1, -0.05) is 17.3 Å². The van der Waals surface area contributed by atoms with E-state index in [9.17, 15) is 0 Å². The topological polar surface area (TPSA) is 38.9 Å². The van der Waals surface area contributed by atoms with Crippen LogP contribution in [0.4, 0.5) is 0 Å². The first-order valence-electron chi connectivity index (χ1n) is 4.30. The van der Waals surface area contributed by atoms with Gasteiger partial charge in [0.2, 0.25) is 5.89 Å². The Hall–Kier alpha value is -1.12. The van der Waals surface area contributed by atoms with Gasteiger partial charge >= 0.3 is 0 Å². The molecule has 0 aliphatic heterocycles. The fourth-order valence-corrected chi connectivity index (χ4v) is 1.51. The lowest BCUT2D eigenvalue weighted by atomic mass is 10.1. The van der Waals surface area contributed by atoms with E-state index in [0.29, 0.717) is 5.92 Å². The summed E-state index contributed by atoms with van der Waals surface area (Å²) in [5.74, 6) is 2.11. The van der Waals surface area contributed by atoms with Crippen LogP contribution in [0.3, 0.4) is 0 Å². The molecule has 1 aromatic rings. The number of hydrogen-bond donors (Lipinski definition) is 0. The summed E-state index contributed by atoms with van der Waals surface area (Å²) in [5, 5.41) is 3.75. The van der Waals surface area contributed by atoms with E-state index in [0.717, 1.165) is 18.1 Å². The molecule has 0 fully saturated rings. The van der Waals surface area contributed by atoms with Crippen molar-refractivity contribution in [2.24, 2.45) is 5.92 Å². The van der Waals surface area contributed by atoms with Gasteiger partial charge in [0.25, 0.3) is 0 Å². The van der Waals surface area contributed by atoms with E-state index < -0.39 is 0 Å². The number of nitrogens with zero attached hydrogens (tertiary/aromatic N) is 2. The molecule has 2 rings (SSSR count). The van der Waals surface area contributed by atoms with Crippen molar-refractivity contribution in [3.05, 3.63) is 23.9 Å². The van der Waals surface area contributed by atoms with Crippen LogP contribution in [0.1, 0.15) is 24.6 Å². The summed E-state index contributed by atoms with van der Waals surface area (Å²) in [7, 11) is 0. The molecule has 0 radical (unpaired) electrons. The Balaban J connectivity index is 1.98. The molecule has 1 heterocycles. The summed E-state index contributed by atoms with van der Waals surface area (Å²) in [6, 6.07) is 0. The highest BCUT2D eigenvalue weighted by Gasteiger charge is 2.13. The van der Waals surface area contributed by atoms with Crippen LogP contribution in [-0.4, -0.2) is 10.1 Å². The quantitative estimate of drug-likeness (QED) is 0.626. The maximum Gasteiger partial charge on any atom is 0.227 e. The minimum atomic E-state index is 0.616. The lowest BCUT2D eigenvalue weighted by Gasteiger charge is -2.00. The third-order valence-electron chi connectivity index (χ3n) is 2.12. The molecule has 0 N–H and O–H groups in total. The molecule has 1 aliphatic carbocycles. The van der Waals surface area contributed by atoms with Crippen LogP contribution in [0, 0.1) is 12.8 Å². The predicted octanol–water partition coefficient (Wildman–Crippen LogP) is 1.89. The van der Waals surface area contributed by atoms with Crippen LogP contribution in [0.15, 0.2) is 16.7 Å². The van der Waals surface area contributed by atoms with E-state index >= 15 is 0 Å². The van der Waals surface area contributed by atoms with Crippen molar-refractivity contribution < 1.29 is 4.52 Å². The molecule has 3 nitrogen and oxygen atoms in total. The monoisotopic (exact) mass is 164 g/mol. The summed E-state index contributed by atoms with van der Waals surface area (Å²) in [4.78, 5) is 4.16. The van der Waals surface area contributed by atoms with Crippen molar-refractivity contribution in [1.82, 2.24) is 10.1 Å². The number of aromatic nitrogens is 2. The van der Waals surface area contributed by atoms with Crippen LogP contribution < -0.4 is 0 Å². The van der Waals surface area contributed by atoms with Gasteiger partial charge in [0.05, 0.1) is 0 Å². The number of rotatable bonds is 2. The Kier molecular flexibility index (Phi) is 1.94. The van der Waals surface area contributed by atoms with E-state index in [1.54, 1.807) is 0 Å². The largest absolute Gasteiger partial charge is 0.339 e. The van der Waals surface area contributed by atoms with Crippen molar-refractivity contribution in [2.75, 3.05) is 0 Å². The zero-order chi connectivity index (χ0) is 8.39. The normalized spacial score (nSPS) is 21.9. The minimum absolute atomic E-state index is 0.616. The average molecular weight is 164 g/mol. The third-order valence-corrected chi connectivity index (χ3v) is 2.12. The molecule has 3 heteroatoms. The van der Waals surface area contributed by atoms with Gasteiger partial charge in [0.1, 0.15) is 0 Å². The van der Waals surface area contributed by atoms with E-state index in [4.69, 9.17) is 4.52 Å². The van der Waals surface area contributed by atoms with Gasteiger partial charge in [-0.05, 0) is 25.7 Å².